The van der Waals surface area contributed by atoms with Crippen molar-refractivity contribution in [2.75, 3.05) is 57.8 Å². The maximum Gasteiger partial charge on any atom is 0.321 e. The van der Waals surface area contributed by atoms with Crippen LogP contribution in [-0.2, 0) is 16.6 Å². The Balaban J connectivity index is 1.10. The Morgan fingerprint density at radius 1 is 1.19 bits per heavy atom. The summed E-state index contributed by atoms with van der Waals surface area (Å²) in [7, 11) is 0. The minimum absolute atomic E-state index is 0.199. The van der Waals surface area contributed by atoms with Gasteiger partial charge in [-0.1, -0.05) is 43.3 Å². The second-order valence-electron chi connectivity index (χ2n) is 10.4. The molecule has 3 aromatic rings. The topological polar surface area (TPSA) is 121 Å². The zero-order valence-corrected chi connectivity index (χ0v) is 22.4. The highest BCUT2D eigenvalue weighted by molar-refractivity contribution is 7.22. The van der Waals surface area contributed by atoms with Crippen molar-refractivity contribution in [3.8, 4) is 0 Å². The number of urea groups is 1. The standard InChI is InChI=1S/C25H34N8O3S/c1-25(2,3)22-29-21(31-36-22)6-7-26-23(34)30-24-28-19-5-4-17(14-20(19)37-24)18-15-27-33(16-18)9-8-32-10-12-35-13-11-32/h4-5,14-15,18H,6-13,16H2,1-3H3,(H2,26,28,30,34). The lowest BCUT2D eigenvalue weighted by Gasteiger charge is -2.28. The van der Waals surface area contributed by atoms with Gasteiger partial charge in [-0.15, -0.1) is 0 Å². The second kappa shape index (κ2) is 11.1. The summed E-state index contributed by atoms with van der Waals surface area (Å²) in [5.41, 5.74) is 1.87. The van der Waals surface area contributed by atoms with E-state index in [4.69, 9.17) is 9.26 Å². The molecule has 0 radical (unpaired) electrons. The van der Waals surface area contributed by atoms with Gasteiger partial charge in [0.25, 0.3) is 0 Å². The third-order valence-corrected chi connectivity index (χ3v) is 7.33. The summed E-state index contributed by atoms with van der Waals surface area (Å²) in [6.45, 7) is 12.9. The van der Waals surface area contributed by atoms with Crippen LogP contribution in [-0.4, -0.2) is 89.8 Å². The molecule has 1 atom stereocenters. The number of fused-ring (bicyclic) bond motifs is 1. The maximum absolute atomic E-state index is 12.4. The van der Waals surface area contributed by atoms with E-state index in [1.54, 1.807) is 0 Å². The van der Waals surface area contributed by atoms with Crippen LogP contribution in [0, 0.1) is 0 Å². The van der Waals surface area contributed by atoms with Crippen LogP contribution in [0.4, 0.5) is 9.93 Å². The van der Waals surface area contributed by atoms with Gasteiger partial charge in [-0.2, -0.15) is 10.1 Å². The Labute approximate surface area is 220 Å². The van der Waals surface area contributed by atoms with Crippen LogP contribution in [0.15, 0.2) is 27.8 Å². The van der Waals surface area contributed by atoms with Gasteiger partial charge in [-0.3, -0.25) is 15.2 Å². The van der Waals surface area contributed by atoms with Crippen LogP contribution in [0.5, 0.6) is 0 Å². The number of hydrogen-bond donors (Lipinski definition) is 2. The quantitative estimate of drug-likeness (QED) is 0.459. The summed E-state index contributed by atoms with van der Waals surface area (Å²) in [6.07, 6.45) is 2.52. The van der Waals surface area contributed by atoms with E-state index in [2.05, 4.69) is 52.9 Å². The lowest BCUT2D eigenvalue weighted by Crippen LogP contribution is -2.40. The first-order valence-corrected chi connectivity index (χ1v) is 13.5. The number of benzene rings is 1. The number of ether oxygens (including phenoxy) is 1. The van der Waals surface area contributed by atoms with E-state index < -0.39 is 0 Å². The molecule has 1 fully saturated rings. The molecular weight excluding hydrogens is 492 g/mol. The van der Waals surface area contributed by atoms with Crippen molar-refractivity contribution in [1.82, 2.24) is 30.4 Å². The van der Waals surface area contributed by atoms with E-state index in [1.165, 1.54) is 16.9 Å². The predicted octanol–water partition coefficient (Wildman–Crippen LogP) is 3.06. The number of nitrogens with one attached hydrogen (secondary N) is 2. The molecule has 11 nitrogen and oxygen atoms in total. The Bertz CT molecular complexity index is 1240. The molecule has 0 spiro atoms. The maximum atomic E-state index is 12.4. The molecule has 4 heterocycles. The summed E-state index contributed by atoms with van der Waals surface area (Å²) in [5.74, 6) is 1.41. The van der Waals surface area contributed by atoms with Crippen molar-refractivity contribution in [1.29, 1.82) is 0 Å². The fourth-order valence-corrected chi connectivity index (χ4v) is 5.14. The van der Waals surface area contributed by atoms with E-state index >= 15 is 0 Å². The first-order chi connectivity index (χ1) is 17.8. The second-order valence-corrected chi connectivity index (χ2v) is 11.4. The molecule has 2 amide bonds. The highest BCUT2D eigenvalue weighted by atomic mass is 32.1. The number of hydrazone groups is 1. The molecule has 5 rings (SSSR count). The third-order valence-electron chi connectivity index (χ3n) is 6.40. The molecular formula is C25H34N8O3S. The smallest absolute Gasteiger partial charge is 0.321 e. The average Bonchev–Trinajstić information content (AvgIpc) is 3.62. The molecule has 0 bridgehead atoms. The molecule has 2 N–H and O–H groups in total. The van der Waals surface area contributed by atoms with Gasteiger partial charge < -0.3 is 14.6 Å². The van der Waals surface area contributed by atoms with E-state index in [0.29, 0.717) is 29.8 Å². The summed E-state index contributed by atoms with van der Waals surface area (Å²) in [4.78, 5) is 23.8. The first kappa shape index (κ1) is 25.6. The normalized spacial score (nSPS) is 18.6. The lowest BCUT2D eigenvalue weighted by molar-refractivity contribution is 0.0339. The van der Waals surface area contributed by atoms with Crippen LogP contribution in [0.3, 0.4) is 0 Å². The molecule has 0 saturated carbocycles. The monoisotopic (exact) mass is 526 g/mol. The van der Waals surface area contributed by atoms with E-state index in [-0.39, 0.29) is 17.4 Å². The molecule has 1 saturated heterocycles. The van der Waals surface area contributed by atoms with Crippen LogP contribution < -0.4 is 10.6 Å². The van der Waals surface area contributed by atoms with E-state index in [1.807, 2.05) is 33.1 Å². The Kier molecular flexibility index (Phi) is 7.68. The number of hydrogen-bond acceptors (Lipinski definition) is 10. The van der Waals surface area contributed by atoms with Crippen molar-refractivity contribution >= 4 is 38.9 Å². The van der Waals surface area contributed by atoms with Gasteiger partial charge in [-0.25, -0.2) is 9.78 Å². The van der Waals surface area contributed by atoms with Crippen LogP contribution >= 0.6 is 11.3 Å². The number of carbonyl (C=O) groups excluding carboxylic acids is 1. The first-order valence-electron chi connectivity index (χ1n) is 12.7. The molecule has 198 valence electrons. The minimum atomic E-state index is -0.308. The van der Waals surface area contributed by atoms with Crippen molar-refractivity contribution < 1.29 is 14.1 Å². The molecule has 2 aliphatic rings. The fraction of sp³-hybridized carbons (Fsp3) is 0.560. The molecule has 12 heteroatoms. The van der Waals surface area contributed by atoms with E-state index in [9.17, 15) is 4.79 Å². The number of morpholine rings is 1. The number of amides is 2. The lowest BCUT2D eigenvalue weighted by atomic mass is 9.97. The Hall–Kier alpha value is -3.09. The van der Waals surface area contributed by atoms with Gasteiger partial charge in [0.2, 0.25) is 5.89 Å². The van der Waals surface area contributed by atoms with Gasteiger partial charge in [0.1, 0.15) is 0 Å². The van der Waals surface area contributed by atoms with Gasteiger partial charge in [-0.05, 0) is 17.7 Å². The van der Waals surface area contributed by atoms with Gasteiger partial charge in [0, 0.05) is 63.2 Å². The summed E-state index contributed by atoms with van der Waals surface area (Å²) < 4.78 is 11.8. The van der Waals surface area contributed by atoms with Crippen molar-refractivity contribution in [2.24, 2.45) is 5.10 Å². The molecule has 37 heavy (non-hydrogen) atoms. The number of carbonyl (C=O) groups is 1. The van der Waals surface area contributed by atoms with Crippen molar-refractivity contribution in [3.05, 3.63) is 35.5 Å². The van der Waals surface area contributed by atoms with Crippen molar-refractivity contribution in [3.63, 3.8) is 0 Å². The average molecular weight is 527 g/mol. The SMILES string of the molecule is CC(C)(C)c1nc(CCNC(=O)Nc2nc3ccc(C4C=NN(CCN5CCOCC5)C4)cc3s2)no1. The van der Waals surface area contributed by atoms with Gasteiger partial charge in [0.15, 0.2) is 11.0 Å². The number of thiazole rings is 1. The Morgan fingerprint density at radius 2 is 2.03 bits per heavy atom. The Morgan fingerprint density at radius 3 is 2.81 bits per heavy atom. The van der Waals surface area contributed by atoms with Crippen LogP contribution in [0.1, 0.15) is 44.0 Å². The predicted molar refractivity (Wildman–Crippen MR) is 143 cm³/mol. The minimum Gasteiger partial charge on any atom is -0.379 e. The van der Waals surface area contributed by atoms with E-state index in [0.717, 1.165) is 56.2 Å². The number of rotatable bonds is 8. The molecule has 2 aliphatic heterocycles. The number of anilines is 1. The highest BCUT2D eigenvalue weighted by Gasteiger charge is 2.23. The summed E-state index contributed by atoms with van der Waals surface area (Å²) >= 11 is 1.46. The highest BCUT2D eigenvalue weighted by Crippen LogP contribution is 2.30. The molecule has 2 aromatic heterocycles. The van der Waals surface area contributed by atoms with Crippen molar-refractivity contribution in [2.45, 2.75) is 38.5 Å². The fourth-order valence-electron chi connectivity index (χ4n) is 4.23. The molecule has 0 aliphatic carbocycles. The molecule has 1 unspecified atom stereocenters. The zero-order valence-electron chi connectivity index (χ0n) is 21.6. The largest absolute Gasteiger partial charge is 0.379 e. The van der Waals surface area contributed by atoms with Gasteiger partial charge >= 0.3 is 6.03 Å². The summed E-state index contributed by atoms with van der Waals surface area (Å²) in [6, 6.07) is 5.96. The summed E-state index contributed by atoms with van der Waals surface area (Å²) in [5, 5.41) is 17.0. The zero-order chi connectivity index (χ0) is 25.8. The van der Waals surface area contributed by atoms with Crippen LogP contribution in [0.2, 0.25) is 0 Å². The number of nitrogens with zero attached hydrogens (tertiary/aromatic N) is 6. The molecule has 1 aromatic carbocycles. The third kappa shape index (κ3) is 6.62. The number of aromatic nitrogens is 3. The van der Waals surface area contributed by atoms with Crippen LogP contribution in [0.25, 0.3) is 10.2 Å². The van der Waals surface area contributed by atoms with Gasteiger partial charge in [0.05, 0.1) is 23.4 Å².